The van der Waals surface area contributed by atoms with Gasteiger partial charge in [-0.25, -0.2) is 0 Å². The Morgan fingerprint density at radius 3 is 2.16 bits per heavy atom. The van der Waals surface area contributed by atoms with Gasteiger partial charge in [0.05, 0.1) is 12.2 Å². The molecule has 5 nitrogen and oxygen atoms in total. The number of rotatable bonds is 13. The van der Waals surface area contributed by atoms with E-state index in [0.29, 0.717) is 29.2 Å². The van der Waals surface area contributed by atoms with Crippen molar-refractivity contribution in [1.82, 2.24) is 4.90 Å². The molecule has 168 valence electrons. The van der Waals surface area contributed by atoms with Crippen LogP contribution < -0.4 is 10.1 Å². The van der Waals surface area contributed by atoms with Crippen LogP contribution in [0.4, 0.5) is 5.69 Å². The second-order valence-electron chi connectivity index (χ2n) is 7.73. The zero-order valence-electron chi connectivity index (χ0n) is 19.2. The lowest BCUT2D eigenvalue weighted by Gasteiger charge is -2.21. The van der Waals surface area contributed by atoms with E-state index in [4.69, 9.17) is 4.74 Å². The number of unbranched alkanes of at least 4 members (excludes halogenated alkanes) is 3. The van der Waals surface area contributed by atoms with Crippen molar-refractivity contribution in [3.05, 3.63) is 59.7 Å². The smallest absolute Gasteiger partial charge is 0.259 e. The fourth-order valence-corrected chi connectivity index (χ4v) is 3.42. The van der Waals surface area contributed by atoms with Crippen molar-refractivity contribution in [2.24, 2.45) is 0 Å². The van der Waals surface area contributed by atoms with Crippen molar-refractivity contribution in [2.75, 3.05) is 25.0 Å². The van der Waals surface area contributed by atoms with E-state index in [9.17, 15) is 9.59 Å². The third-order valence-corrected chi connectivity index (χ3v) is 5.05. The summed E-state index contributed by atoms with van der Waals surface area (Å²) in [5.41, 5.74) is 1.79. The van der Waals surface area contributed by atoms with Crippen molar-refractivity contribution in [2.45, 2.75) is 59.3 Å². The Hall–Kier alpha value is -2.82. The maximum Gasteiger partial charge on any atom is 0.259 e. The Bertz CT molecular complexity index is 812. The van der Waals surface area contributed by atoms with Crippen LogP contribution in [-0.2, 0) is 0 Å². The minimum Gasteiger partial charge on any atom is -0.493 e. The van der Waals surface area contributed by atoms with Gasteiger partial charge in [0, 0.05) is 24.3 Å². The molecule has 1 N–H and O–H groups in total. The van der Waals surface area contributed by atoms with Crippen LogP contribution in [0, 0.1) is 0 Å². The fraction of sp³-hybridized carbons (Fsp3) is 0.462. The molecule has 0 unspecified atom stereocenters. The topological polar surface area (TPSA) is 58.6 Å². The Morgan fingerprint density at radius 1 is 0.839 bits per heavy atom. The Morgan fingerprint density at radius 2 is 1.52 bits per heavy atom. The van der Waals surface area contributed by atoms with E-state index >= 15 is 0 Å². The van der Waals surface area contributed by atoms with E-state index in [1.807, 2.05) is 23.1 Å². The van der Waals surface area contributed by atoms with E-state index in [0.717, 1.165) is 38.8 Å². The number of nitrogens with zero attached hydrogens (tertiary/aromatic N) is 1. The molecule has 2 rings (SSSR count). The van der Waals surface area contributed by atoms with Gasteiger partial charge >= 0.3 is 0 Å². The third-order valence-electron chi connectivity index (χ3n) is 5.05. The monoisotopic (exact) mass is 424 g/mol. The number of benzene rings is 2. The molecule has 5 heteroatoms. The summed E-state index contributed by atoms with van der Waals surface area (Å²) in [4.78, 5) is 27.4. The molecule has 0 bridgehead atoms. The summed E-state index contributed by atoms with van der Waals surface area (Å²) in [6.07, 6.45) is 6.34. The zero-order valence-corrected chi connectivity index (χ0v) is 19.2. The predicted octanol–water partition coefficient (Wildman–Crippen LogP) is 6.16. The van der Waals surface area contributed by atoms with E-state index < -0.39 is 0 Å². The van der Waals surface area contributed by atoms with Crippen LogP contribution in [0.2, 0.25) is 0 Å². The number of para-hydroxylation sites is 1. The van der Waals surface area contributed by atoms with Gasteiger partial charge in [-0.05, 0) is 55.7 Å². The minimum atomic E-state index is -0.221. The summed E-state index contributed by atoms with van der Waals surface area (Å²) in [6.45, 7) is 8.42. The van der Waals surface area contributed by atoms with Crippen LogP contribution in [0.5, 0.6) is 5.75 Å². The van der Waals surface area contributed by atoms with Gasteiger partial charge in [-0.3, -0.25) is 9.59 Å². The Labute approximate surface area is 186 Å². The van der Waals surface area contributed by atoms with Gasteiger partial charge in [0.25, 0.3) is 11.8 Å². The highest BCUT2D eigenvalue weighted by Gasteiger charge is 2.15. The molecule has 0 aromatic heterocycles. The average molecular weight is 425 g/mol. The highest BCUT2D eigenvalue weighted by molar-refractivity contribution is 6.06. The lowest BCUT2D eigenvalue weighted by molar-refractivity contribution is 0.0755. The second kappa shape index (κ2) is 13.5. The molecule has 0 radical (unpaired) electrons. The molecule has 0 saturated heterocycles. The van der Waals surface area contributed by atoms with Gasteiger partial charge in [0.15, 0.2) is 0 Å². The van der Waals surface area contributed by atoms with E-state index in [-0.39, 0.29) is 11.8 Å². The molecular formula is C26H36N2O3. The molecule has 0 fully saturated rings. The number of anilines is 1. The molecule has 0 atom stereocenters. The first-order valence-corrected chi connectivity index (χ1v) is 11.5. The van der Waals surface area contributed by atoms with E-state index in [1.165, 1.54) is 12.8 Å². The number of hydrogen-bond donors (Lipinski definition) is 1. The van der Waals surface area contributed by atoms with Crippen LogP contribution in [0.1, 0.15) is 80.0 Å². The third kappa shape index (κ3) is 7.74. The highest BCUT2D eigenvalue weighted by atomic mass is 16.5. The number of nitrogens with one attached hydrogen (secondary N) is 1. The standard InChI is InChI=1S/C26H36N2O3/c1-4-7-8-11-20-31-24-13-10-9-12-23(24)25(29)27-22-16-14-21(15-17-22)26(30)28(18-5-2)19-6-3/h9-10,12-17H,4-8,11,18-20H2,1-3H3,(H,27,29). The summed E-state index contributed by atoms with van der Waals surface area (Å²) < 4.78 is 5.85. The van der Waals surface area contributed by atoms with Crippen molar-refractivity contribution >= 4 is 17.5 Å². The normalized spacial score (nSPS) is 10.5. The summed E-state index contributed by atoms with van der Waals surface area (Å²) in [5, 5.41) is 2.91. The van der Waals surface area contributed by atoms with Crippen molar-refractivity contribution < 1.29 is 14.3 Å². The van der Waals surface area contributed by atoms with Crippen molar-refractivity contribution in [1.29, 1.82) is 0 Å². The predicted molar refractivity (Wildman–Crippen MR) is 127 cm³/mol. The first-order valence-electron chi connectivity index (χ1n) is 11.5. The van der Waals surface area contributed by atoms with Gasteiger partial charge in [-0.1, -0.05) is 52.2 Å². The summed E-state index contributed by atoms with van der Waals surface area (Å²) in [6, 6.07) is 14.4. The molecule has 0 saturated carbocycles. The summed E-state index contributed by atoms with van der Waals surface area (Å²) in [5.74, 6) is 0.406. The van der Waals surface area contributed by atoms with Crippen LogP contribution in [0.15, 0.2) is 48.5 Å². The number of carbonyl (C=O) groups is 2. The highest BCUT2D eigenvalue weighted by Crippen LogP contribution is 2.21. The summed E-state index contributed by atoms with van der Waals surface area (Å²) in [7, 11) is 0. The first-order chi connectivity index (χ1) is 15.1. The molecule has 0 spiro atoms. The second-order valence-corrected chi connectivity index (χ2v) is 7.73. The van der Waals surface area contributed by atoms with Crippen LogP contribution in [-0.4, -0.2) is 36.4 Å². The van der Waals surface area contributed by atoms with Gasteiger partial charge in [0.1, 0.15) is 5.75 Å². The van der Waals surface area contributed by atoms with Crippen LogP contribution >= 0.6 is 0 Å². The van der Waals surface area contributed by atoms with Crippen LogP contribution in [0.3, 0.4) is 0 Å². The quantitative estimate of drug-likeness (QED) is 0.392. The molecule has 2 aromatic carbocycles. The number of amides is 2. The van der Waals surface area contributed by atoms with E-state index in [2.05, 4.69) is 26.1 Å². The number of carbonyl (C=O) groups excluding carboxylic acids is 2. The van der Waals surface area contributed by atoms with E-state index in [1.54, 1.807) is 30.3 Å². The minimum absolute atomic E-state index is 0.0309. The number of ether oxygens (including phenoxy) is 1. The zero-order chi connectivity index (χ0) is 22.5. The Kier molecular flexibility index (Phi) is 10.6. The lowest BCUT2D eigenvalue weighted by Crippen LogP contribution is -2.32. The maximum atomic E-state index is 12.8. The fourth-order valence-electron chi connectivity index (χ4n) is 3.42. The molecule has 31 heavy (non-hydrogen) atoms. The molecule has 0 aliphatic heterocycles. The lowest BCUT2D eigenvalue weighted by atomic mass is 10.1. The molecule has 0 heterocycles. The van der Waals surface area contributed by atoms with Gasteiger partial charge < -0.3 is 15.0 Å². The van der Waals surface area contributed by atoms with Crippen LogP contribution in [0.25, 0.3) is 0 Å². The van der Waals surface area contributed by atoms with Gasteiger partial charge in [0.2, 0.25) is 0 Å². The molecule has 2 amide bonds. The average Bonchev–Trinajstić information content (AvgIpc) is 2.79. The molecule has 0 aliphatic carbocycles. The summed E-state index contributed by atoms with van der Waals surface area (Å²) >= 11 is 0. The van der Waals surface area contributed by atoms with Crippen molar-refractivity contribution in [3.63, 3.8) is 0 Å². The first kappa shape index (κ1) is 24.4. The van der Waals surface area contributed by atoms with Gasteiger partial charge in [-0.15, -0.1) is 0 Å². The van der Waals surface area contributed by atoms with Gasteiger partial charge in [-0.2, -0.15) is 0 Å². The van der Waals surface area contributed by atoms with Crippen molar-refractivity contribution in [3.8, 4) is 5.75 Å². The number of hydrogen-bond acceptors (Lipinski definition) is 3. The molecular weight excluding hydrogens is 388 g/mol. The largest absolute Gasteiger partial charge is 0.493 e. The Balaban J connectivity index is 2.00. The SMILES string of the molecule is CCCCCCOc1ccccc1C(=O)Nc1ccc(C(=O)N(CCC)CCC)cc1. The maximum absolute atomic E-state index is 12.8. The molecule has 2 aromatic rings. The molecule has 0 aliphatic rings.